The third kappa shape index (κ3) is 8.13. The van der Waals surface area contributed by atoms with Gasteiger partial charge in [-0.2, -0.15) is 0 Å². The normalized spacial score (nSPS) is 13.3. The van der Waals surface area contributed by atoms with E-state index in [1.165, 1.54) is 25.7 Å². The van der Waals surface area contributed by atoms with Crippen molar-refractivity contribution in [2.75, 3.05) is 12.3 Å². The van der Waals surface area contributed by atoms with Crippen LogP contribution < -0.4 is 0 Å². The molecule has 0 spiro atoms. The van der Waals surface area contributed by atoms with E-state index in [0.29, 0.717) is 0 Å². The Morgan fingerprint density at radius 3 is 2.00 bits per heavy atom. The summed E-state index contributed by atoms with van der Waals surface area (Å²) in [5, 5.41) is 0. The van der Waals surface area contributed by atoms with Gasteiger partial charge in [-0.05, 0) is 25.2 Å². The molecule has 0 aromatic carbocycles. The lowest BCUT2D eigenvalue weighted by atomic mass is 10.3. The smallest absolute Gasteiger partial charge is 0.0762 e. The monoisotopic (exact) mass is 176 g/mol. The largest absolute Gasteiger partial charge is 0.327 e. The second-order valence-corrected chi connectivity index (χ2v) is 5.18. The highest BCUT2D eigenvalue weighted by Crippen LogP contribution is 2.23. The predicted octanol–water partition coefficient (Wildman–Crippen LogP) is 3.54. The fourth-order valence-corrected chi connectivity index (χ4v) is 2.71. The Morgan fingerprint density at radius 2 is 1.45 bits per heavy atom. The van der Waals surface area contributed by atoms with Crippen molar-refractivity contribution in [1.82, 2.24) is 0 Å². The number of hydrogen-bond donors (Lipinski definition) is 0. The summed E-state index contributed by atoms with van der Waals surface area (Å²) in [7, 11) is -1.17. The average Bonchev–Trinajstić information content (AvgIpc) is 2.01. The van der Waals surface area contributed by atoms with Gasteiger partial charge in [0.05, 0.1) is 7.80 Å². The van der Waals surface area contributed by atoms with Crippen LogP contribution in [0.3, 0.4) is 0 Å². The Balaban J connectivity index is 3.09. The third-order valence-corrected chi connectivity index (χ3v) is 3.69. The van der Waals surface area contributed by atoms with Gasteiger partial charge in [-0.25, -0.2) is 0 Å². The first-order valence-electron chi connectivity index (χ1n) is 4.83. The summed E-state index contributed by atoms with van der Waals surface area (Å²) >= 11 is 0. The summed E-state index contributed by atoms with van der Waals surface area (Å²) in [6.07, 6.45) is 8.00. The minimum Gasteiger partial charge on any atom is -0.327 e. The van der Waals surface area contributed by atoms with Crippen molar-refractivity contribution in [2.45, 2.75) is 46.0 Å². The van der Waals surface area contributed by atoms with Crippen molar-refractivity contribution in [1.29, 1.82) is 0 Å². The molecule has 0 radical (unpaired) electrons. The molecule has 0 fully saturated rings. The zero-order valence-corrected chi connectivity index (χ0v) is 8.86. The zero-order valence-electron chi connectivity index (χ0n) is 7.86. The fourth-order valence-electron chi connectivity index (χ4n) is 1.07. The molecule has 11 heavy (non-hydrogen) atoms. The highest BCUT2D eigenvalue weighted by atomic mass is 31.1. The lowest BCUT2D eigenvalue weighted by Crippen LogP contribution is -1.83. The third-order valence-electron chi connectivity index (χ3n) is 1.87. The van der Waals surface area contributed by atoms with Gasteiger partial charge in [0.25, 0.3) is 0 Å². The maximum atomic E-state index is 11.3. The maximum absolute atomic E-state index is 11.3. The van der Waals surface area contributed by atoms with Gasteiger partial charge in [0.2, 0.25) is 0 Å². The van der Waals surface area contributed by atoms with Gasteiger partial charge in [0.15, 0.2) is 0 Å². The summed E-state index contributed by atoms with van der Waals surface area (Å²) in [4.78, 5) is 0. The molecule has 0 aliphatic rings. The minimum absolute atomic E-state index is 0.991. The van der Waals surface area contributed by atoms with E-state index >= 15 is 0 Å². The summed E-state index contributed by atoms with van der Waals surface area (Å²) in [5.41, 5.74) is 0. The van der Waals surface area contributed by atoms with Gasteiger partial charge >= 0.3 is 0 Å². The quantitative estimate of drug-likeness (QED) is 0.428. The molecule has 2 heteroatoms. The van der Waals surface area contributed by atoms with Gasteiger partial charge in [0.1, 0.15) is 0 Å². The van der Waals surface area contributed by atoms with E-state index in [9.17, 15) is 4.57 Å². The number of rotatable bonds is 7. The van der Waals surface area contributed by atoms with Crippen LogP contribution in [0.5, 0.6) is 0 Å². The maximum Gasteiger partial charge on any atom is 0.0762 e. The van der Waals surface area contributed by atoms with E-state index in [-0.39, 0.29) is 0 Å². The van der Waals surface area contributed by atoms with Crippen LogP contribution in [0.25, 0.3) is 0 Å². The molecule has 0 bridgehead atoms. The van der Waals surface area contributed by atoms with Crippen molar-refractivity contribution in [3.63, 3.8) is 0 Å². The van der Waals surface area contributed by atoms with Crippen LogP contribution >= 0.6 is 7.80 Å². The molecule has 0 N–H and O–H groups in total. The highest BCUT2D eigenvalue weighted by Gasteiger charge is 1.97. The summed E-state index contributed by atoms with van der Waals surface area (Å²) in [6.45, 7) is 4.34. The van der Waals surface area contributed by atoms with Gasteiger partial charge in [-0.15, -0.1) is 0 Å². The second-order valence-electron chi connectivity index (χ2n) is 3.10. The highest BCUT2D eigenvalue weighted by molar-refractivity contribution is 7.44. The van der Waals surface area contributed by atoms with Gasteiger partial charge in [-0.1, -0.05) is 33.1 Å². The van der Waals surface area contributed by atoms with Crippen molar-refractivity contribution >= 4 is 7.80 Å². The topological polar surface area (TPSA) is 17.1 Å². The molecule has 1 atom stereocenters. The number of unbranched alkanes of at least 4 members (excludes halogenated alkanes) is 3. The average molecular weight is 176 g/mol. The van der Waals surface area contributed by atoms with E-state index in [0.717, 1.165) is 18.7 Å². The van der Waals surface area contributed by atoms with E-state index in [1.807, 2.05) is 0 Å². The summed E-state index contributed by atoms with van der Waals surface area (Å²) in [5.74, 6) is 0. The molecular weight excluding hydrogens is 155 g/mol. The molecule has 1 nitrogen and oxygen atoms in total. The second kappa shape index (κ2) is 8.33. The molecule has 0 amide bonds. The first kappa shape index (κ1) is 11.2. The van der Waals surface area contributed by atoms with Crippen LogP contribution in [-0.2, 0) is 4.57 Å². The Hall–Kier alpha value is 0.230. The number of hydrogen-bond acceptors (Lipinski definition) is 1. The van der Waals surface area contributed by atoms with Crippen LogP contribution in [0.1, 0.15) is 46.0 Å². The van der Waals surface area contributed by atoms with Gasteiger partial charge in [-0.3, -0.25) is 0 Å². The molecule has 0 rings (SSSR count). The molecule has 0 saturated carbocycles. The van der Waals surface area contributed by atoms with E-state index in [4.69, 9.17) is 0 Å². The van der Waals surface area contributed by atoms with Crippen molar-refractivity contribution in [2.24, 2.45) is 0 Å². The van der Waals surface area contributed by atoms with Crippen molar-refractivity contribution in [3.8, 4) is 0 Å². The lowest BCUT2D eigenvalue weighted by molar-refractivity contribution is 0.583. The van der Waals surface area contributed by atoms with Crippen molar-refractivity contribution in [3.05, 3.63) is 0 Å². The lowest BCUT2D eigenvalue weighted by Gasteiger charge is -1.99. The van der Waals surface area contributed by atoms with Gasteiger partial charge < -0.3 is 4.57 Å². The van der Waals surface area contributed by atoms with Gasteiger partial charge in [0, 0.05) is 0 Å². The Morgan fingerprint density at radius 1 is 0.909 bits per heavy atom. The fraction of sp³-hybridized carbons (Fsp3) is 1.00. The molecule has 0 heterocycles. The Labute approximate surface area is 71.4 Å². The van der Waals surface area contributed by atoms with E-state index in [2.05, 4.69) is 13.8 Å². The molecule has 0 aliphatic carbocycles. The molecule has 0 aliphatic heterocycles. The molecule has 1 unspecified atom stereocenters. The Kier molecular flexibility index (Phi) is 8.50. The summed E-state index contributed by atoms with van der Waals surface area (Å²) in [6, 6.07) is 0. The molecule has 0 saturated heterocycles. The van der Waals surface area contributed by atoms with E-state index in [1.54, 1.807) is 0 Å². The SMILES string of the molecule is CCCCC[PH](=O)CCCC. The molecule has 68 valence electrons. The minimum atomic E-state index is -1.17. The predicted molar refractivity (Wildman–Crippen MR) is 53.2 cm³/mol. The molecule has 0 aromatic heterocycles. The molecule has 0 aromatic rings. The zero-order chi connectivity index (χ0) is 8.53. The van der Waals surface area contributed by atoms with Crippen LogP contribution in [0.15, 0.2) is 0 Å². The van der Waals surface area contributed by atoms with Crippen LogP contribution in [0.2, 0.25) is 0 Å². The Bertz CT molecular complexity index is 102. The van der Waals surface area contributed by atoms with Crippen LogP contribution in [-0.4, -0.2) is 12.3 Å². The standard InChI is InChI=1S/C9H21OP/c1-3-5-7-9-11(10)8-6-4-2/h11H,3-9H2,1-2H3. The first-order chi connectivity index (χ1) is 5.31. The van der Waals surface area contributed by atoms with Crippen LogP contribution in [0, 0.1) is 0 Å². The molecular formula is C9H21OP. The first-order valence-corrected chi connectivity index (χ1v) is 6.65. The summed E-state index contributed by atoms with van der Waals surface area (Å²) < 4.78 is 11.3. The van der Waals surface area contributed by atoms with E-state index < -0.39 is 7.80 Å². The van der Waals surface area contributed by atoms with Crippen LogP contribution in [0.4, 0.5) is 0 Å². The van der Waals surface area contributed by atoms with Crippen molar-refractivity contribution < 1.29 is 4.57 Å².